The fourth-order valence-electron chi connectivity index (χ4n) is 2.55. The molecule has 2 heterocycles. The maximum Gasteiger partial charge on any atom is 0.128 e. The lowest BCUT2D eigenvalue weighted by atomic mass is 10.2. The molecule has 1 aromatic rings. The van der Waals surface area contributed by atoms with Gasteiger partial charge in [0.2, 0.25) is 0 Å². The monoisotopic (exact) mass is 278 g/mol. The van der Waals surface area contributed by atoms with E-state index < -0.39 is 0 Å². The first-order valence-corrected chi connectivity index (χ1v) is 7.27. The summed E-state index contributed by atoms with van der Waals surface area (Å²) in [6.07, 6.45) is 3.23. The molecule has 0 spiro atoms. The molecule has 1 atom stereocenters. The van der Waals surface area contributed by atoms with Gasteiger partial charge in [0.05, 0.1) is 6.61 Å². The van der Waals surface area contributed by atoms with Crippen LogP contribution in [-0.2, 0) is 11.3 Å². The standard InChI is InChI=1S/C15H26N4O/c1-16-14-6-7-19(12-14)11-13-4-5-15(17-10-13)18(2)8-9-20-3/h4-5,10,14,16H,6-9,11-12H2,1-3H3. The van der Waals surface area contributed by atoms with Crippen LogP contribution < -0.4 is 10.2 Å². The van der Waals surface area contributed by atoms with Crippen LogP contribution >= 0.6 is 0 Å². The van der Waals surface area contributed by atoms with Crippen LogP contribution in [-0.4, -0.2) is 63.4 Å². The highest BCUT2D eigenvalue weighted by atomic mass is 16.5. The van der Waals surface area contributed by atoms with Crippen molar-refractivity contribution in [1.29, 1.82) is 0 Å². The number of ether oxygens (including phenoxy) is 1. The smallest absolute Gasteiger partial charge is 0.128 e. The van der Waals surface area contributed by atoms with Crippen molar-refractivity contribution in [2.24, 2.45) is 0 Å². The van der Waals surface area contributed by atoms with Gasteiger partial charge >= 0.3 is 0 Å². The average Bonchev–Trinajstić information content (AvgIpc) is 2.93. The van der Waals surface area contributed by atoms with Crippen LogP contribution in [0.4, 0.5) is 5.82 Å². The Bertz CT molecular complexity index is 395. The zero-order valence-corrected chi connectivity index (χ0v) is 12.8. The summed E-state index contributed by atoms with van der Waals surface area (Å²) >= 11 is 0. The Hall–Kier alpha value is -1.17. The van der Waals surface area contributed by atoms with Gasteiger partial charge in [-0.25, -0.2) is 4.98 Å². The summed E-state index contributed by atoms with van der Waals surface area (Å²) < 4.78 is 5.08. The quantitative estimate of drug-likeness (QED) is 0.804. The molecule has 5 nitrogen and oxygen atoms in total. The van der Waals surface area contributed by atoms with Gasteiger partial charge in [-0.3, -0.25) is 4.90 Å². The fourth-order valence-corrected chi connectivity index (χ4v) is 2.55. The Kier molecular flexibility index (Phi) is 5.76. The van der Waals surface area contributed by atoms with E-state index in [0.29, 0.717) is 6.04 Å². The minimum absolute atomic E-state index is 0.641. The number of nitrogens with zero attached hydrogens (tertiary/aromatic N) is 3. The minimum atomic E-state index is 0.641. The number of nitrogens with one attached hydrogen (secondary N) is 1. The second-order valence-electron chi connectivity index (χ2n) is 5.45. The highest BCUT2D eigenvalue weighted by molar-refractivity contribution is 5.38. The third-order valence-corrected chi connectivity index (χ3v) is 3.92. The first kappa shape index (κ1) is 15.2. The Morgan fingerprint density at radius 2 is 2.35 bits per heavy atom. The van der Waals surface area contributed by atoms with Crippen molar-refractivity contribution in [2.75, 3.05) is 52.3 Å². The minimum Gasteiger partial charge on any atom is -0.383 e. The number of likely N-dealkylation sites (tertiary alicyclic amines) is 1. The second kappa shape index (κ2) is 7.57. The zero-order valence-electron chi connectivity index (χ0n) is 12.8. The van der Waals surface area contributed by atoms with Gasteiger partial charge in [0.15, 0.2) is 0 Å². The van der Waals surface area contributed by atoms with E-state index in [9.17, 15) is 0 Å². The molecule has 20 heavy (non-hydrogen) atoms. The van der Waals surface area contributed by atoms with Crippen molar-refractivity contribution in [3.05, 3.63) is 23.9 Å². The third kappa shape index (κ3) is 4.16. The van der Waals surface area contributed by atoms with Crippen molar-refractivity contribution < 1.29 is 4.74 Å². The largest absolute Gasteiger partial charge is 0.383 e. The molecule has 1 N–H and O–H groups in total. The molecule has 0 saturated carbocycles. The lowest BCUT2D eigenvalue weighted by Gasteiger charge is -2.19. The van der Waals surface area contributed by atoms with Gasteiger partial charge in [-0.1, -0.05) is 6.07 Å². The Morgan fingerprint density at radius 3 is 2.95 bits per heavy atom. The summed E-state index contributed by atoms with van der Waals surface area (Å²) in [6.45, 7) is 4.87. The fraction of sp³-hybridized carbons (Fsp3) is 0.667. The molecule has 1 unspecified atom stereocenters. The number of rotatable bonds is 7. The van der Waals surface area contributed by atoms with E-state index in [4.69, 9.17) is 4.74 Å². The highest BCUT2D eigenvalue weighted by Crippen LogP contribution is 2.15. The topological polar surface area (TPSA) is 40.6 Å². The molecule has 1 aliphatic heterocycles. The predicted molar refractivity (Wildman–Crippen MR) is 82.1 cm³/mol. The van der Waals surface area contributed by atoms with Gasteiger partial charge in [0, 0.05) is 52.6 Å². The molecule has 0 radical (unpaired) electrons. The molecule has 0 aromatic carbocycles. The summed E-state index contributed by atoms with van der Waals surface area (Å²) in [5.41, 5.74) is 1.28. The summed E-state index contributed by atoms with van der Waals surface area (Å²) in [6, 6.07) is 4.91. The number of hydrogen-bond donors (Lipinski definition) is 1. The maximum absolute atomic E-state index is 5.08. The van der Waals surface area contributed by atoms with Crippen LogP contribution in [0.3, 0.4) is 0 Å². The Labute approximate surface area is 121 Å². The molecule has 0 amide bonds. The van der Waals surface area contributed by atoms with E-state index in [1.807, 2.05) is 20.3 Å². The highest BCUT2D eigenvalue weighted by Gasteiger charge is 2.20. The van der Waals surface area contributed by atoms with Crippen LogP contribution in [0.5, 0.6) is 0 Å². The lowest BCUT2D eigenvalue weighted by Crippen LogP contribution is -2.29. The van der Waals surface area contributed by atoms with Gasteiger partial charge in [-0.2, -0.15) is 0 Å². The molecule has 1 aliphatic rings. The van der Waals surface area contributed by atoms with Gasteiger partial charge in [-0.05, 0) is 25.1 Å². The van der Waals surface area contributed by atoms with Gasteiger partial charge in [0.25, 0.3) is 0 Å². The molecule has 0 aliphatic carbocycles. The average molecular weight is 278 g/mol. The summed E-state index contributed by atoms with van der Waals surface area (Å²) in [4.78, 5) is 9.13. The van der Waals surface area contributed by atoms with Crippen molar-refractivity contribution >= 4 is 5.82 Å². The van der Waals surface area contributed by atoms with Crippen LogP contribution in [0, 0.1) is 0 Å². The van der Waals surface area contributed by atoms with Crippen molar-refractivity contribution in [1.82, 2.24) is 15.2 Å². The molecule has 0 bridgehead atoms. The van der Waals surface area contributed by atoms with Gasteiger partial charge < -0.3 is 15.0 Å². The first-order valence-electron chi connectivity index (χ1n) is 7.27. The predicted octanol–water partition coefficient (Wildman–Crippen LogP) is 0.958. The van der Waals surface area contributed by atoms with E-state index >= 15 is 0 Å². The van der Waals surface area contributed by atoms with Crippen LogP contribution in [0.15, 0.2) is 18.3 Å². The summed E-state index contributed by atoms with van der Waals surface area (Å²) in [5, 5.41) is 3.35. The second-order valence-corrected chi connectivity index (χ2v) is 5.45. The zero-order chi connectivity index (χ0) is 14.4. The van der Waals surface area contributed by atoms with E-state index in [2.05, 4.69) is 32.2 Å². The SMILES string of the molecule is CNC1CCN(Cc2ccc(N(C)CCOC)nc2)C1. The van der Waals surface area contributed by atoms with E-state index in [-0.39, 0.29) is 0 Å². The van der Waals surface area contributed by atoms with Crippen molar-refractivity contribution in [3.8, 4) is 0 Å². The van der Waals surface area contributed by atoms with Crippen molar-refractivity contribution in [3.63, 3.8) is 0 Å². The summed E-state index contributed by atoms with van der Waals surface area (Å²) in [7, 11) is 5.80. The van der Waals surface area contributed by atoms with E-state index in [1.54, 1.807) is 7.11 Å². The number of aromatic nitrogens is 1. The number of hydrogen-bond acceptors (Lipinski definition) is 5. The number of likely N-dealkylation sites (N-methyl/N-ethyl adjacent to an activating group) is 2. The molecule has 1 saturated heterocycles. The molecule has 112 valence electrons. The molecular formula is C15H26N4O. The number of anilines is 1. The Balaban J connectivity index is 1.85. The number of methoxy groups -OCH3 is 1. The molecule has 5 heteroatoms. The lowest BCUT2D eigenvalue weighted by molar-refractivity contribution is 0.206. The molecular weight excluding hydrogens is 252 g/mol. The van der Waals surface area contributed by atoms with Crippen molar-refractivity contribution in [2.45, 2.75) is 19.0 Å². The third-order valence-electron chi connectivity index (χ3n) is 3.92. The summed E-state index contributed by atoms with van der Waals surface area (Å²) in [5.74, 6) is 1.00. The maximum atomic E-state index is 5.08. The van der Waals surface area contributed by atoms with Gasteiger partial charge in [0.1, 0.15) is 5.82 Å². The van der Waals surface area contributed by atoms with Crippen LogP contribution in [0.1, 0.15) is 12.0 Å². The Morgan fingerprint density at radius 1 is 1.50 bits per heavy atom. The van der Waals surface area contributed by atoms with Crippen LogP contribution in [0.2, 0.25) is 0 Å². The van der Waals surface area contributed by atoms with Crippen LogP contribution in [0.25, 0.3) is 0 Å². The number of pyridine rings is 1. The molecule has 1 fully saturated rings. The normalized spacial score (nSPS) is 19.4. The molecule has 2 rings (SSSR count). The first-order chi connectivity index (χ1) is 9.72. The van der Waals surface area contributed by atoms with Gasteiger partial charge in [-0.15, -0.1) is 0 Å². The van der Waals surface area contributed by atoms with E-state index in [1.165, 1.54) is 18.5 Å². The molecule has 1 aromatic heterocycles. The van der Waals surface area contributed by atoms with E-state index in [0.717, 1.165) is 32.1 Å².